The molecule has 0 amide bonds. The van der Waals surface area contributed by atoms with Gasteiger partial charge >= 0.3 is 11.9 Å². The van der Waals surface area contributed by atoms with E-state index in [-0.39, 0.29) is 24.7 Å². The lowest BCUT2D eigenvalue weighted by atomic mass is 9.90. The van der Waals surface area contributed by atoms with Crippen LogP contribution in [0.25, 0.3) is 5.76 Å². The van der Waals surface area contributed by atoms with E-state index in [2.05, 4.69) is 0 Å². The van der Waals surface area contributed by atoms with Gasteiger partial charge in [0.2, 0.25) is 12.5 Å². The molecule has 2 aliphatic heterocycles. The Balaban J connectivity index is 1.85. The number of ether oxygens (including phenoxy) is 8. The molecule has 10 nitrogen and oxygen atoms in total. The van der Waals surface area contributed by atoms with E-state index in [9.17, 15) is 9.59 Å². The van der Waals surface area contributed by atoms with Gasteiger partial charge in [0.25, 0.3) is 0 Å². The summed E-state index contributed by atoms with van der Waals surface area (Å²) < 4.78 is 44.1. The zero-order valence-corrected chi connectivity index (χ0v) is 20.0. The molecular formula is C25H26O10. The summed E-state index contributed by atoms with van der Waals surface area (Å²) in [6, 6.07) is 8.70. The van der Waals surface area contributed by atoms with E-state index >= 15 is 0 Å². The van der Waals surface area contributed by atoms with Gasteiger partial charge in [-0.2, -0.15) is 0 Å². The highest BCUT2D eigenvalue weighted by Gasteiger charge is 2.44. The molecule has 2 aromatic carbocycles. The highest BCUT2D eigenvalue weighted by Crippen LogP contribution is 2.50. The zero-order chi connectivity index (χ0) is 25.1. The lowest BCUT2D eigenvalue weighted by Crippen LogP contribution is -2.23. The number of hydrogen-bond donors (Lipinski definition) is 0. The summed E-state index contributed by atoms with van der Waals surface area (Å²) in [5, 5.41) is 0. The van der Waals surface area contributed by atoms with Gasteiger partial charge in [-0.3, -0.25) is 4.79 Å². The molecular weight excluding hydrogens is 460 g/mol. The number of methoxy groups -OCH3 is 4. The number of carbonyl (C=O) groups excluding carboxylic acids is 2. The molecule has 0 spiro atoms. The van der Waals surface area contributed by atoms with Gasteiger partial charge in [0.15, 0.2) is 23.0 Å². The van der Waals surface area contributed by atoms with E-state index in [1.165, 1.54) is 35.4 Å². The second-order valence-corrected chi connectivity index (χ2v) is 7.71. The first kappa shape index (κ1) is 24.1. The molecule has 0 unspecified atom stereocenters. The summed E-state index contributed by atoms with van der Waals surface area (Å²) in [6.07, 6.45) is -0.688. The van der Waals surface area contributed by atoms with Crippen molar-refractivity contribution in [2.24, 2.45) is 5.92 Å². The molecule has 0 bridgehead atoms. The van der Waals surface area contributed by atoms with E-state index in [0.717, 1.165) is 0 Å². The molecule has 0 aromatic heterocycles. The maximum absolute atomic E-state index is 13.0. The fourth-order valence-electron chi connectivity index (χ4n) is 4.15. The highest BCUT2D eigenvalue weighted by atomic mass is 16.7. The van der Waals surface area contributed by atoms with Crippen molar-refractivity contribution in [2.45, 2.75) is 13.0 Å². The van der Waals surface area contributed by atoms with Crippen molar-refractivity contribution in [3.63, 3.8) is 0 Å². The Bertz CT molecular complexity index is 1140. The summed E-state index contributed by atoms with van der Waals surface area (Å²) in [7, 11) is 5.76. The average Bonchev–Trinajstić information content (AvgIpc) is 3.50. The van der Waals surface area contributed by atoms with Crippen LogP contribution in [-0.2, 0) is 23.8 Å². The van der Waals surface area contributed by atoms with E-state index in [4.69, 9.17) is 37.9 Å². The van der Waals surface area contributed by atoms with Crippen molar-refractivity contribution in [1.29, 1.82) is 0 Å². The van der Waals surface area contributed by atoms with Gasteiger partial charge < -0.3 is 37.9 Å². The van der Waals surface area contributed by atoms with Gasteiger partial charge in [-0.25, -0.2) is 4.79 Å². The predicted molar refractivity (Wildman–Crippen MR) is 122 cm³/mol. The van der Waals surface area contributed by atoms with Crippen molar-refractivity contribution in [2.75, 3.05) is 41.8 Å². The summed E-state index contributed by atoms with van der Waals surface area (Å²) in [5.41, 5.74) is 1.41. The normalized spacial score (nSPS) is 18.1. The lowest BCUT2D eigenvalue weighted by molar-refractivity contribution is -0.144. The maximum Gasteiger partial charge on any atom is 0.338 e. The van der Waals surface area contributed by atoms with E-state index < -0.39 is 24.0 Å². The molecule has 0 N–H and O–H groups in total. The third-order valence-electron chi connectivity index (χ3n) is 5.75. The Labute approximate surface area is 202 Å². The van der Waals surface area contributed by atoms with Gasteiger partial charge in [0.1, 0.15) is 18.5 Å². The SMILES string of the molecule is COC(=O)C1=C(c2cc(OC)c(OC)c(OC)c2)O[C@H](c2ccc3c(c2)OCO3)[C@H]1COC(C)=O. The van der Waals surface area contributed by atoms with Crippen LogP contribution in [0.4, 0.5) is 0 Å². The molecule has 2 heterocycles. The Morgan fingerprint density at radius 3 is 2.23 bits per heavy atom. The molecule has 0 fully saturated rings. The molecule has 10 heteroatoms. The van der Waals surface area contributed by atoms with Crippen LogP contribution in [0.3, 0.4) is 0 Å². The quantitative estimate of drug-likeness (QED) is 0.516. The first-order valence-corrected chi connectivity index (χ1v) is 10.7. The molecule has 2 atom stereocenters. The first-order valence-electron chi connectivity index (χ1n) is 10.7. The molecule has 0 radical (unpaired) electrons. The average molecular weight is 486 g/mol. The lowest BCUT2D eigenvalue weighted by Gasteiger charge is -2.21. The van der Waals surface area contributed by atoms with Crippen molar-refractivity contribution >= 4 is 17.7 Å². The topological polar surface area (TPSA) is 108 Å². The minimum absolute atomic E-state index is 0.104. The number of fused-ring (bicyclic) bond motifs is 1. The van der Waals surface area contributed by atoms with Crippen LogP contribution in [-0.4, -0.2) is 53.8 Å². The van der Waals surface area contributed by atoms with Gasteiger partial charge in [-0.1, -0.05) is 6.07 Å². The molecule has 0 aliphatic carbocycles. The van der Waals surface area contributed by atoms with Crippen molar-refractivity contribution < 1.29 is 47.5 Å². The summed E-state index contributed by atoms with van der Waals surface area (Å²) in [5.74, 6) is 0.787. The van der Waals surface area contributed by atoms with Crippen molar-refractivity contribution in [3.05, 3.63) is 47.0 Å². The van der Waals surface area contributed by atoms with Crippen LogP contribution in [0.15, 0.2) is 35.9 Å². The zero-order valence-electron chi connectivity index (χ0n) is 20.0. The highest BCUT2D eigenvalue weighted by molar-refractivity contribution is 5.98. The van der Waals surface area contributed by atoms with E-state index in [0.29, 0.717) is 39.9 Å². The molecule has 4 rings (SSSR count). The first-order chi connectivity index (χ1) is 16.9. The molecule has 0 saturated heterocycles. The molecule has 2 aromatic rings. The fourth-order valence-corrected chi connectivity index (χ4v) is 4.15. The number of carbonyl (C=O) groups is 2. The summed E-state index contributed by atoms with van der Waals surface area (Å²) in [4.78, 5) is 24.7. The van der Waals surface area contributed by atoms with Crippen molar-refractivity contribution in [1.82, 2.24) is 0 Å². The number of hydrogen-bond acceptors (Lipinski definition) is 10. The minimum atomic E-state index is -0.688. The Hall–Kier alpha value is -4.08. The van der Waals surface area contributed by atoms with Gasteiger partial charge in [-0.15, -0.1) is 0 Å². The standard InChI is InChI=1S/C25H26O10/c1-13(26)32-11-16-21(25(27)31-5)23(15-9-19(28-2)24(30-4)20(10-15)29-3)35-22(16)14-6-7-17-18(8-14)34-12-33-17/h6-10,16,22H,11-12H2,1-5H3/t16-,22+/m0/s1. The van der Waals surface area contributed by atoms with Gasteiger partial charge in [-0.05, 0) is 29.8 Å². The van der Waals surface area contributed by atoms with E-state index in [1.54, 1.807) is 24.3 Å². The van der Waals surface area contributed by atoms with Gasteiger partial charge in [0, 0.05) is 12.5 Å². The van der Waals surface area contributed by atoms with Crippen LogP contribution >= 0.6 is 0 Å². The van der Waals surface area contributed by atoms with E-state index in [1.807, 2.05) is 6.07 Å². The number of rotatable bonds is 8. The van der Waals surface area contributed by atoms with Crippen LogP contribution in [0, 0.1) is 5.92 Å². The second kappa shape index (κ2) is 10.0. The maximum atomic E-state index is 13.0. The van der Waals surface area contributed by atoms with Crippen LogP contribution < -0.4 is 23.7 Å². The predicted octanol–water partition coefficient (Wildman–Crippen LogP) is 3.28. The Morgan fingerprint density at radius 1 is 0.943 bits per heavy atom. The minimum Gasteiger partial charge on any atom is -0.493 e. The molecule has 35 heavy (non-hydrogen) atoms. The number of benzene rings is 2. The summed E-state index contributed by atoms with van der Waals surface area (Å²) in [6.45, 7) is 1.31. The largest absolute Gasteiger partial charge is 0.493 e. The Morgan fingerprint density at radius 2 is 1.63 bits per heavy atom. The smallest absolute Gasteiger partial charge is 0.338 e. The Kier molecular flexibility index (Phi) is 6.90. The third-order valence-corrected chi connectivity index (χ3v) is 5.75. The van der Waals surface area contributed by atoms with Crippen LogP contribution in [0.2, 0.25) is 0 Å². The molecule has 2 aliphatic rings. The number of esters is 2. The second-order valence-electron chi connectivity index (χ2n) is 7.71. The summed E-state index contributed by atoms with van der Waals surface area (Å²) >= 11 is 0. The third kappa shape index (κ3) is 4.51. The van der Waals surface area contributed by atoms with Crippen LogP contribution in [0.1, 0.15) is 24.2 Å². The fraction of sp³-hybridized carbons (Fsp3) is 0.360. The molecule has 186 valence electrons. The van der Waals surface area contributed by atoms with Crippen LogP contribution in [0.5, 0.6) is 28.7 Å². The van der Waals surface area contributed by atoms with Crippen molar-refractivity contribution in [3.8, 4) is 28.7 Å². The monoisotopic (exact) mass is 486 g/mol. The van der Waals surface area contributed by atoms with Gasteiger partial charge in [0.05, 0.1) is 39.9 Å². The molecule has 0 saturated carbocycles.